The van der Waals surface area contributed by atoms with Gasteiger partial charge in [-0.05, 0) is 63.8 Å². The Morgan fingerprint density at radius 3 is 2.15 bits per heavy atom. The number of likely N-dealkylation sites (tertiary alicyclic amines) is 2. The van der Waals surface area contributed by atoms with Crippen LogP contribution in [0.15, 0.2) is 24.3 Å². The van der Waals surface area contributed by atoms with E-state index in [2.05, 4.69) is 24.1 Å². The molecule has 1 aromatic rings. The van der Waals surface area contributed by atoms with E-state index in [1.54, 1.807) is 4.90 Å². The zero-order valence-corrected chi connectivity index (χ0v) is 16.3. The summed E-state index contributed by atoms with van der Waals surface area (Å²) >= 11 is 0. The average molecular weight is 375 g/mol. The highest BCUT2D eigenvalue weighted by Crippen LogP contribution is 2.21. The predicted molar refractivity (Wildman–Crippen MR) is 103 cm³/mol. The summed E-state index contributed by atoms with van der Waals surface area (Å²) in [5.41, 5.74) is 0.496. The van der Waals surface area contributed by atoms with Gasteiger partial charge in [-0.2, -0.15) is 0 Å². The van der Waals surface area contributed by atoms with E-state index in [1.165, 1.54) is 24.3 Å². The van der Waals surface area contributed by atoms with Gasteiger partial charge in [-0.1, -0.05) is 0 Å². The van der Waals surface area contributed by atoms with Crippen LogP contribution < -0.4 is 5.32 Å². The first-order valence-electron chi connectivity index (χ1n) is 10.0. The second-order valence-corrected chi connectivity index (χ2v) is 7.99. The molecule has 2 fully saturated rings. The van der Waals surface area contributed by atoms with Gasteiger partial charge in [-0.25, -0.2) is 4.39 Å². The van der Waals surface area contributed by atoms with Gasteiger partial charge in [-0.15, -0.1) is 0 Å². The number of rotatable bonds is 4. The molecular formula is C21H30FN3O2. The molecule has 2 aliphatic heterocycles. The maximum absolute atomic E-state index is 13.0. The van der Waals surface area contributed by atoms with Crippen LogP contribution in [0.1, 0.15) is 49.9 Å². The van der Waals surface area contributed by atoms with Gasteiger partial charge in [0.2, 0.25) is 5.91 Å². The fourth-order valence-electron chi connectivity index (χ4n) is 4.00. The molecule has 5 nitrogen and oxygen atoms in total. The lowest BCUT2D eigenvalue weighted by Crippen LogP contribution is -2.49. The molecule has 0 atom stereocenters. The van der Waals surface area contributed by atoms with E-state index in [4.69, 9.17) is 0 Å². The summed E-state index contributed by atoms with van der Waals surface area (Å²) in [7, 11) is 0. The third-order valence-corrected chi connectivity index (χ3v) is 5.85. The van der Waals surface area contributed by atoms with E-state index < -0.39 is 0 Å². The van der Waals surface area contributed by atoms with Gasteiger partial charge in [0.1, 0.15) is 5.82 Å². The zero-order chi connectivity index (χ0) is 19.4. The van der Waals surface area contributed by atoms with Crippen molar-refractivity contribution in [2.75, 3.05) is 26.2 Å². The Hall–Kier alpha value is -1.95. The van der Waals surface area contributed by atoms with E-state index >= 15 is 0 Å². The van der Waals surface area contributed by atoms with E-state index in [0.29, 0.717) is 37.5 Å². The first kappa shape index (κ1) is 19.8. The molecular weight excluding hydrogens is 345 g/mol. The molecule has 148 valence electrons. The maximum atomic E-state index is 13.0. The lowest BCUT2D eigenvalue weighted by molar-refractivity contribution is -0.127. The van der Waals surface area contributed by atoms with Crippen molar-refractivity contribution in [2.45, 2.75) is 51.6 Å². The zero-order valence-electron chi connectivity index (χ0n) is 16.3. The molecule has 0 bridgehead atoms. The summed E-state index contributed by atoms with van der Waals surface area (Å²) in [5, 5.41) is 3.22. The smallest absolute Gasteiger partial charge is 0.253 e. The molecule has 1 aromatic carbocycles. The lowest BCUT2D eigenvalue weighted by Gasteiger charge is -2.36. The normalized spacial score (nSPS) is 20.1. The molecule has 0 aliphatic carbocycles. The number of piperidine rings is 2. The van der Waals surface area contributed by atoms with Crippen LogP contribution in [0.2, 0.25) is 0 Å². The van der Waals surface area contributed by atoms with Gasteiger partial charge in [0.15, 0.2) is 0 Å². The van der Waals surface area contributed by atoms with Crippen LogP contribution in [0.25, 0.3) is 0 Å². The summed E-state index contributed by atoms with van der Waals surface area (Å²) in [4.78, 5) is 29.3. The minimum absolute atomic E-state index is 0.0228. The molecule has 0 spiro atoms. The van der Waals surface area contributed by atoms with Gasteiger partial charge >= 0.3 is 0 Å². The van der Waals surface area contributed by atoms with Crippen molar-refractivity contribution in [3.05, 3.63) is 35.6 Å². The van der Waals surface area contributed by atoms with Gasteiger partial charge in [-0.3, -0.25) is 9.59 Å². The largest absolute Gasteiger partial charge is 0.353 e. The van der Waals surface area contributed by atoms with Crippen LogP contribution in [-0.2, 0) is 4.79 Å². The van der Waals surface area contributed by atoms with Gasteiger partial charge in [0, 0.05) is 49.7 Å². The minimum atomic E-state index is -0.346. The molecule has 3 rings (SSSR count). The van der Waals surface area contributed by atoms with Crippen molar-refractivity contribution in [1.82, 2.24) is 15.1 Å². The molecule has 2 aliphatic rings. The van der Waals surface area contributed by atoms with E-state index in [9.17, 15) is 14.0 Å². The van der Waals surface area contributed by atoms with Crippen LogP contribution in [0.3, 0.4) is 0 Å². The third-order valence-electron chi connectivity index (χ3n) is 5.85. The van der Waals surface area contributed by atoms with Crippen LogP contribution in [0.5, 0.6) is 0 Å². The highest BCUT2D eigenvalue weighted by atomic mass is 19.1. The Labute approximate surface area is 160 Å². The van der Waals surface area contributed by atoms with Crippen LogP contribution in [0, 0.1) is 11.7 Å². The maximum Gasteiger partial charge on any atom is 0.253 e. The Bertz CT molecular complexity index is 646. The molecule has 2 amide bonds. The summed E-state index contributed by atoms with van der Waals surface area (Å²) in [6.07, 6.45) is 3.38. The van der Waals surface area contributed by atoms with Crippen molar-refractivity contribution in [2.24, 2.45) is 5.92 Å². The Morgan fingerprint density at radius 2 is 1.59 bits per heavy atom. The van der Waals surface area contributed by atoms with Gasteiger partial charge in [0.25, 0.3) is 5.91 Å². The topological polar surface area (TPSA) is 52.7 Å². The molecule has 0 radical (unpaired) electrons. The first-order valence-corrected chi connectivity index (χ1v) is 10.0. The molecule has 27 heavy (non-hydrogen) atoms. The standard InChI is InChI=1S/C21H30FN3O2/c1-15(2)24-13-9-19(10-14-24)23-20(26)16-7-11-25(12-8-16)21(27)17-3-5-18(22)6-4-17/h3-6,15-16,19H,7-14H2,1-2H3,(H,23,26). The highest BCUT2D eigenvalue weighted by molar-refractivity contribution is 5.94. The molecule has 1 N–H and O–H groups in total. The number of carbonyl (C=O) groups is 2. The van der Waals surface area contributed by atoms with Crippen molar-refractivity contribution in [1.29, 1.82) is 0 Å². The van der Waals surface area contributed by atoms with Crippen LogP contribution in [-0.4, -0.2) is 59.9 Å². The van der Waals surface area contributed by atoms with Crippen molar-refractivity contribution < 1.29 is 14.0 Å². The molecule has 0 unspecified atom stereocenters. The summed E-state index contributed by atoms with van der Waals surface area (Å²) in [5.74, 6) is -0.326. The summed E-state index contributed by atoms with van der Waals surface area (Å²) < 4.78 is 13.0. The van der Waals surface area contributed by atoms with E-state index in [0.717, 1.165) is 25.9 Å². The number of hydrogen-bond donors (Lipinski definition) is 1. The molecule has 0 saturated carbocycles. The molecule has 2 heterocycles. The summed E-state index contributed by atoms with van der Waals surface area (Å²) in [6, 6.07) is 6.46. The fraction of sp³-hybridized carbons (Fsp3) is 0.619. The molecule has 0 aromatic heterocycles. The van der Waals surface area contributed by atoms with Crippen molar-refractivity contribution in [3.63, 3.8) is 0 Å². The number of carbonyl (C=O) groups excluding carboxylic acids is 2. The second kappa shape index (κ2) is 8.83. The number of amides is 2. The first-order chi connectivity index (χ1) is 12.9. The van der Waals surface area contributed by atoms with Gasteiger partial charge in [0.05, 0.1) is 0 Å². The Kier molecular flexibility index (Phi) is 6.47. The number of nitrogens with one attached hydrogen (secondary N) is 1. The Morgan fingerprint density at radius 1 is 1.00 bits per heavy atom. The molecule has 6 heteroatoms. The minimum Gasteiger partial charge on any atom is -0.353 e. The van der Waals surface area contributed by atoms with Crippen molar-refractivity contribution >= 4 is 11.8 Å². The SMILES string of the molecule is CC(C)N1CCC(NC(=O)C2CCN(C(=O)c3ccc(F)cc3)CC2)CC1. The predicted octanol–water partition coefficient (Wildman–Crippen LogP) is 2.67. The Balaban J connectivity index is 1.44. The quantitative estimate of drug-likeness (QED) is 0.880. The van der Waals surface area contributed by atoms with Crippen LogP contribution in [0.4, 0.5) is 4.39 Å². The number of benzene rings is 1. The van der Waals surface area contributed by atoms with Crippen LogP contribution >= 0.6 is 0 Å². The number of halogens is 1. The summed E-state index contributed by atoms with van der Waals surface area (Å²) in [6.45, 7) is 7.63. The second-order valence-electron chi connectivity index (χ2n) is 7.99. The highest BCUT2D eigenvalue weighted by Gasteiger charge is 2.30. The average Bonchev–Trinajstić information content (AvgIpc) is 2.68. The monoisotopic (exact) mass is 375 g/mol. The van der Waals surface area contributed by atoms with E-state index in [1.807, 2.05) is 0 Å². The van der Waals surface area contributed by atoms with E-state index in [-0.39, 0.29) is 29.6 Å². The van der Waals surface area contributed by atoms with Gasteiger partial charge < -0.3 is 15.1 Å². The molecule has 2 saturated heterocycles. The fourth-order valence-corrected chi connectivity index (χ4v) is 4.00. The third kappa shape index (κ3) is 5.06. The van der Waals surface area contributed by atoms with Crippen molar-refractivity contribution in [3.8, 4) is 0 Å². The number of hydrogen-bond acceptors (Lipinski definition) is 3. The number of nitrogens with zero attached hydrogens (tertiary/aromatic N) is 2. The lowest BCUT2D eigenvalue weighted by atomic mass is 9.94.